The number of hydrogen-bond donors (Lipinski definition) is 1. The van der Waals surface area contributed by atoms with Crippen LogP contribution in [0.1, 0.15) is 11.1 Å². The van der Waals surface area contributed by atoms with Crippen molar-refractivity contribution in [3.8, 4) is 17.1 Å². The summed E-state index contributed by atoms with van der Waals surface area (Å²) >= 11 is 0. The van der Waals surface area contributed by atoms with Gasteiger partial charge in [0.15, 0.2) is 0 Å². The van der Waals surface area contributed by atoms with Crippen LogP contribution in [-0.4, -0.2) is 59.2 Å². The van der Waals surface area contributed by atoms with Crippen molar-refractivity contribution in [2.24, 2.45) is 0 Å². The number of nitrogens with one attached hydrogen (secondary N) is 1. The molecule has 1 amide bonds. The van der Waals surface area contributed by atoms with Crippen LogP contribution >= 0.6 is 0 Å². The topological polar surface area (TPSA) is 89.5 Å². The maximum absolute atomic E-state index is 12.4. The molecule has 0 saturated carbocycles. The monoisotopic (exact) mass is 431 g/mol. The van der Waals surface area contributed by atoms with Crippen LogP contribution in [0.5, 0.6) is 6.01 Å². The Kier molecular flexibility index (Phi) is 7.16. The number of carbonyl (C=O) groups is 1. The number of anilines is 1. The Labute approximate surface area is 186 Å². The van der Waals surface area contributed by atoms with Crippen LogP contribution in [-0.2, 0) is 16.1 Å². The van der Waals surface area contributed by atoms with Gasteiger partial charge >= 0.3 is 6.01 Å². The van der Waals surface area contributed by atoms with Gasteiger partial charge in [-0.25, -0.2) is 9.97 Å². The van der Waals surface area contributed by atoms with Gasteiger partial charge in [-0.1, -0.05) is 12.1 Å². The van der Waals surface area contributed by atoms with Crippen molar-refractivity contribution >= 4 is 17.7 Å². The average Bonchev–Trinajstić information content (AvgIpc) is 2.85. The number of hydrogen-bond acceptors (Lipinski definition) is 7. The molecule has 1 N–H and O–H groups in total. The van der Waals surface area contributed by atoms with Crippen molar-refractivity contribution in [3.05, 3.63) is 72.3 Å². The lowest BCUT2D eigenvalue weighted by molar-refractivity contribution is -0.111. The van der Waals surface area contributed by atoms with E-state index < -0.39 is 0 Å². The Balaban J connectivity index is 1.38. The standard InChI is InChI=1S/C24H25N5O3/c1-31-24-26-15-20(16-27-24)22-8-9-25-14-19(22)4-7-23(30)28-21-5-2-18(3-6-21)17-29-10-12-32-13-11-29/h2-9,14-16H,10-13,17H2,1H3,(H,28,30)/b7-4+. The van der Waals surface area contributed by atoms with Crippen LogP contribution in [0.3, 0.4) is 0 Å². The lowest BCUT2D eigenvalue weighted by Gasteiger charge is -2.26. The second-order valence-corrected chi connectivity index (χ2v) is 7.33. The first-order valence-electron chi connectivity index (χ1n) is 10.4. The van der Waals surface area contributed by atoms with Crippen molar-refractivity contribution in [2.45, 2.75) is 6.54 Å². The van der Waals surface area contributed by atoms with Gasteiger partial charge in [0.25, 0.3) is 0 Å². The van der Waals surface area contributed by atoms with Gasteiger partial charge in [-0.3, -0.25) is 14.7 Å². The molecule has 32 heavy (non-hydrogen) atoms. The Morgan fingerprint density at radius 2 is 1.88 bits per heavy atom. The number of ether oxygens (including phenoxy) is 2. The van der Waals surface area contributed by atoms with Crippen LogP contribution in [0, 0.1) is 0 Å². The minimum absolute atomic E-state index is 0.216. The third kappa shape index (κ3) is 5.75. The SMILES string of the molecule is COc1ncc(-c2ccncc2/C=C/C(=O)Nc2ccc(CN3CCOCC3)cc2)cn1. The molecule has 3 aromatic rings. The molecular formula is C24H25N5O3. The predicted octanol–water partition coefficient (Wildman–Crippen LogP) is 3.03. The highest BCUT2D eigenvalue weighted by atomic mass is 16.5. The highest BCUT2D eigenvalue weighted by Crippen LogP contribution is 2.23. The third-order valence-corrected chi connectivity index (χ3v) is 5.12. The summed E-state index contributed by atoms with van der Waals surface area (Å²) in [5.41, 5.74) is 4.43. The van der Waals surface area contributed by atoms with Crippen LogP contribution < -0.4 is 10.1 Å². The van der Waals surface area contributed by atoms with Gasteiger partial charge in [0, 0.05) is 67.3 Å². The number of aromatic nitrogens is 3. The van der Waals surface area contributed by atoms with E-state index >= 15 is 0 Å². The Bertz CT molecular complexity index is 1060. The molecular weight excluding hydrogens is 406 g/mol. The molecule has 0 radical (unpaired) electrons. The summed E-state index contributed by atoms with van der Waals surface area (Å²) in [7, 11) is 1.52. The molecule has 8 heteroatoms. The van der Waals surface area contributed by atoms with E-state index in [1.165, 1.54) is 18.7 Å². The molecule has 0 aliphatic carbocycles. The largest absolute Gasteiger partial charge is 0.467 e. The third-order valence-electron chi connectivity index (χ3n) is 5.12. The van der Waals surface area contributed by atoms with Gasteiger partial charge in [0.1, 0.15) is 0 Å². The minimum Gasteiger partial charge on any atom is -0.467 e. The van der Waals surface area contributed by atoms with Crippen molar-refractivity contribution in [1.29, 1.82) is 0 Å². The van der Waals surface area contributed by atoms with E-state index in [9.17, 15) is 4.79 Å². The van der Waals surface area contributed by atoms with Gasteiger partial charge in [-0.15, -0.1) is 0 Å². The highest BCUT2D eigenvalue weighted by molar-refractivity contribution is 6.02. The summed E-state index contributed by atoms with van der Waals surface area (Å²) in [6, 6.07) is 10.1. The summed E-state index contributed by atoms with van der Waals surface area (Å²) in [6.45, 7) is 4.34. The fourth-order valence-electron chi connectivity index (χ4n) is 3.42. The minimum atomic E-state index is -0.216. The zero-order valence-corrected chi connectivity index (χ0v) is 17.9. The first kappa shape index (κ1) is 21.6. The number of pyridine rings is 1. The summed E-state index contributed by atoms with van der Waals surface area (Å²) in [5, 5.41) is 2.90. The number of carbonyl (C=O) groups excluding carboxylic acids is 1. The molecule has 164 valence electrons. The van der Waals surface area contributed by atoms with Crippen LogP contribution in [0.15, 0.2) is 61.2 Å². The van der Waals surface area contributed by atoms with E-state index in [0.717, 1.165) is 55.2 Å². The molecule has 0 atom stereocenters. The second-order valence-electron chi connectivity index (χ2n) is 7.33. The van der Waals surface area contributed by atoms with E-state index in [4.69, 9.17) is 9.47 Å². The lowest BCUT2D eigenvalue weighted by atomic mass is 10.0. The first-order valence-corrected chi connectivity index (χ1v) is 10.4. The molecule has 2 aromatic heterocycles. The molecule has 3 heterocycles. The fourth-order valence-corrected chi connectivity index (χ4v) is 3.42. The van der Waals surface area contributed by atoms with Gasteiger partial charge < -0.3 is 14.8 Å². The van der Waals surface area contributed by atoms with Gasteiger partial charge in [-0.05, 0) is 35.4 Å². The molecule has 1 aliphatic rings. The quantitative estimate of drug-likeness (QED) is 0.575. The molecule has 1 aliphatic heterocycles. The number of nitrogens with zero attached hydrogens (tertiary/aromatic N) is 4. The molecule has 0 bridgehead atoms. The van der Waals surface area contributed by atoms with Crippen molar-refractivity contribution in [2.75, 3.05) is 38.7 Å². The zero-order chi connectivity index (χ0) is 22.2. The van der Waals surface area contributed by atoms with Crippen molar-refractivity contribution in [1.82, 2.24) is 19.9 Å². The molecule has 1 fully saturated rings. The summed E-state index contributed by atoms with van der Waals surface area (Å²) in [4.78, 5) is 27.2. The van der Waals surface area contributed by atoms with E-state index in [0.29, 0.717) is 6.01 Å². The van der Waals surface area contributed by atoms with Gasteiger partial charge in [-0.2, -0.15) is 0 Å². The van der Waals surface area contributed by atoms with Crippen molar-refractivity contribution in [3.63, 3.8) is 0 Å². The number of amides is 1. The first-order chi connectivity index (χ1) is 15.7. The summed E-state index contributed by atoms with van der Waals surface area (Å²) < 4.78 is 10.4. The molecule has 4 rings (SSSR count). The van der Waals surface area contributed by atoms with Crippen LogP contribution in [0.2, 0.25) is 0 Å². The van der Waals surface area contributed by atoms with E-state index in [1.807, 2.05) is 30.3 Å². The lowest BCUT2D eigenvalue weighted by Crippen LogP contribution is -2.35. The Morgan fingerprint density at radius 3 is 2.59 bits per heavy atom. The maximum Gasteiger partial charge on any atom is 0.316 e. The van der Waals surface area contributed by atoms with E-state index in [1.54, 1.807) is 30.9 Å². The molecule has 0 spiro atoms. The number of benzene rings is 1. The smallest absolute Gasteiger partial charge is 0.316 e. The number of methoxy groups -OCH3 is 1. The fraction of sp³-hybridized carbons (Fsp3) is 0.250. The second kappa shape index (κ2) is 10.6. The zero-order valence-electron chi connectivity index (χ0n) is 17.9. The average molecular weight is 431 g/mol. The maximum atomic E-state index is 12.4. The summed E-state index contributed by atoms with van der Waals surface area (Å²) in [6.07, 6.45) is 9.97. The number of morpholine rings is 1. The molecule has 1 saturated heterocycles. The number of rotatable bonds is 7. The molecule has 8 nitrogen and oxygen atoms in total. The van der Waals surface area contributed by atoms with Gasteiger partial charge in [0.2, 0.25) is 5.91 Å². The van der Waals surface area contributed by atoms with E-state index in [2.05, 4.69) is 25.2 Å². The van der Waals surface area contributed by atoms with Crippen LogP contribution in [0.4, 0.5) is 5.69 Å². The van der Waals surface area contributed by atoms with Crippen LogP contribution in [0.25, 0.3) is 17.2 Å². The Morgan fingerprint density at radius 1 is 1.12 bits per heavy atom. The van der Waals surface area contributed by atoms with Crippen molar-refractivity contribution < 1.29 is 14.3 Å². The molecule has 1 aromatic carbocycles. The highest BCUT2D eigenvalue weighted by Gasteiger charge is 2.11. The molecule has 0 unspecified atom stereocenters. The summed E-state index contributed by atoms with van der Waals surface area (Å²) in [5.74, 6) is -0.216. The Hall–Kier alpha value is -3.62. The van der Waals surface area contributed by atoms with E-state index in [-0.39, 0.29) is 5.91 Å². The normalized spacial score (nSPS) is 14.4. The van der Waals surface area contributed by atoms with Gasteiger partial charge in [0.05, 0.1) is 20.3 Å². The predicted molar refractivity (Wildman–Crippen MR) is 122 cm³/mol.